The van der Waals surface area contributed by atoms with Gasteiger partial charge in [-0.15, -0.1) is 0 Å². The van der Waals surface area contributed by atoms with E-state index in [1.807, 2.05) is 18.2 Å². The molecule has 0 bridgehead atoms. The summed E-state index contributed by atoms with van der Waals surface area (Å²) in [7, 11) is 0. The molecule has 1 N–H and O–H groups in total. The Hall–Kier alpha value is -1.02. The van der Waals surface area contributed by atoms with Crippen molar-refractivity contribution in [3.8, 4) is 0 Å². The lowest BCUT2D eigenvalue weighted by Crippen LogP contribution is -2.18. The highest BCUT2D eigenvalue weighted by molar-refractivity contribution is 5.42. The maximum absolute atomic E-state index is 4.51. The average Bonchev–Trinajstić information content (AvgIpc) is 2.34. The number of benzene rings is 1. The molecule has 0 spiro atoms. The Morgan fingerprint density at radius 3 is 2.62 bits per heavy atom. The monoisotopic (exact) mass is 219 g/mol. The van der Waals surface area contributed by atoms with Gasteiger partial charge in [0.05, 0.1) is 0 Å². The van der Waals surface area contributed by atoms with E-state index in [1.165, 1.54) is 18.5 Å². The van der Waals surface area contributed by atoms with Crippen molar-refractivity contribution in [3.63, 3.8) is 0 Å². The summed E-state index contributed by atoms with van der Waals surface area (Å²) in [5.74, 6) is 0.811. The first kappa shape index (κ1) is 13.0. The molecule has 1 unspecified atom stereocenters. The molecule has 2 nitrogen and oxygen atoms in total. The van der Waals surface area contributed by atoms with Crippen LogP contribution < -0.4 is 10.6 Å². The molecule has 0 saturated heterocycles. The summed E-state index contributed by atoms with van der Waals surface area (Å²) < 4.78 is 0. The Kier molecular flexibility index (Phi) is 6.66. The third kappa shape index (κ3) is 5.76. The zero-order valence-corrected chi connectivity index (χ0v) is 10.4. The van der Waals surface area contributed by atoms with Gasteiger partial charge in [-0.05, 0) is 24.5 Å². The van der Waals surface area contributed by atoms with Crippen molar-refractivity contribution in [1.82, 2.24) is 5.32 Å². The van der Waals surface area contributed by atoms with Gasteiger partial charge in [-0.3, -0.25) is 0 Å². The van der Waals surface area contributed by atoms with Crippen molar-refractivity contribution in [2.45, 2.75) is 26.7 Å². The van der Waals surface area contributed by atoms with Gasteiger partial charge >= 0.3 is 0 Å². The van der Waals surface area contributed by atoms with Crippen LogP contribution >= 0.6 is 0 Å². The second-order valence-electron chi connectivity index (χ2n) is 4.27. The summed E-state index contributed by atoms with van der Waals surface area (Å²) in [6.07, 6.45) is 2.49. The fourth-order valence-corrected chi connectivity index (χ4v) is 1.46. The van der Waals surface area contributed by atoms with E-state index >= 15 is 0 Å². The first-order valence-corrected chi connectivity index (χ1v) is 6.25. The van der Waals surface area contributed by atoms with Crippen molar-refractivity contribution in [1.29, 1.82) is 0 Å². The van der Waals surface area contributed by atoms with E-state index in [0.29, 0.717) is 0 Å². The van der Waals surface area contributed by atoms with Crippen molar-refractivity contribution in [3.05, 3.63) is 30.3 Å². The number of para-hydroxylation sites is 1. The number of nitrogens with one attached hydrogen (secondary N) is 1. The Bertz CT molecular complexity index is 259. The van der Waals surface area contributed by atoms with Gasteiger partial charge in [0.2, 0.25) is 0 Å². The zero-order chi connectivity index (χ0) is 11.6. The second-order valence-corrected chi connectivity index (χ2v) is 4.27. The van der Waals surface area contributed by atoms with Gasteiger partial charge in [-0.1, -0.05) is 38.5 Å². The van der Waals surface area contributed by atoms with Crippen molar-refractivity contribution >= 4 is 5.69 Å². The normalized spacial score (nSPS) is 12.4. The molecular weight excluding hydrogens is 196 g/mol. The van der Waals surface area contributed by atoms with Crippen LogP contribution in [-0.4, -0.2) is 19.6 Å². The molecule has 0 amide bonds. The van der Waals surface area contributed by atoms with Crippen LogP contribution in [0, 0.1) is 5.92 Å². The van der Waals surface area contributed by atoms with Crippen LogP contribution in [0.2, 0.25) is 0 Å². The highest BCUT2D eigenvalue weighted by Crippen LogP contribution is 2.05. The summed E-state index contributed by atoms with van der Waals surface area (Å²) in [5, 5.41) is 7.86. The van der Waals surface area contributed by atoms with Crippen LogP contribution in [-0.2, 0) is 0 Å². The SMILES string of the molecule is CCC(C)CC[N]CCNc1ccccc1. The summed E-state index contributed by atoms with van der Waals surface area (Å²) >= 11 is 0. The molecule has 1 aromatic rings. The van der Waals surface area contributed by atoms with Crippen molar-refractivity contribution in [2.24, 2.45) is 5.92 Å². The fraction of sp³-hybridized carbons (Fsp3) is 0.571. The summed E-state index contributed by atoms with van der Waals surface area (Å²) in [6.45, 7) is 7.38. The molecule has 0 aliphatic carbocycles. The molecule has 1 atom stereocenters. The molecule has 16 heavy (non-hydrogen) atoms. The number of hydrogen-bond donors (Lipinski definition) is 1. The molecule has 1 rings (SSSR count). The van der Waals surface area contributed by atoms with Gasteiger partial charge < -0.3 is 5.32 Å². The van der Waals surface area contributed by atoms with E-state index in [1.54, 1.807) is 0 Å². The highest BCUT2D eigenvalue weighted by atomic mass is 14.9. The van der Waals surface area contributed by atoms with E-state index in [0.717, 1.165) is 25.6 Å². The third-order valence-corrected chi connectivity index (χ3v) is 2.85. The maximum atomic E-state index is 4.51. The molecule has 0 aromatic heterocycles. The first-order valence-electron chi connectivity index (χ1n) is 6.25. The highest BCUT2D eigenvalue weighted by Gasteiger charge is 1.97. The standard InChI is InChI=1S/C14H23N2/c1-3-13(2)9-10-15-11-12-16-14-7-5-4-6-8-14/h4-8,13,16H,3,9-12H2,1-2H3. The molecule has 2 heteroatoms. The van der Waals surface area contributed by atoms with Gasteiger partial charge in [0, 0.05) is 25.3 Å². The molecule has 1 radical (unpaired) electrons. The van der Waals surface area contributed by atoms with Crippen molar-refractivity contribution < 1.29 is 0 Å². The van der Waals surface area contributed by atoms with Crippen molar-refractivity contribution in [2.75, 3.05) is 25.0 Å². The lowest BCUT2D eigenvalue weighted by molar-refractivity contribution is 0.488. The van der Waals surface area contributed by atoms with E-state index in [2.05, 4.69) is 36.6 Å². The summed E-state index contributed by atoms with van der Waals surface area (Å²) in [6, 6.07) is 10.3. The van der Waals surface area contributed by atoms with E-state index in [4.69, 9.17) is 0 Å². The number of rotatable bonds is 8. The molecule has 0 aliphatic rings. The molecule has 0 heterocycles. The lowest BCUT2D eigenvalue weighted by atomic mass is 10.1. The van der Waals surface area contributed by atoms with Crippen LogP contribution in [0.15, 0.2) is 30.3 Å². The van der Waals surface area contributed by atoms with Gasteiger partial charge in [0.25, 0.3) is 0 Å². The number of anilines is 1. The van der Waals surface area contributed by atoms with Gasteiger partial charge in [-0.2, -0.15) is 0 Å². The Morgan fingerprint density at radius 1 is 1.19 bits per heavy atom. The quantitative estimate of drug-likeness (QED) is 0.668. The second kappa shape index (κ2) is 8.17. The minimum atomic E-state index is 0.811. The topological polar surface area (TPSA) is 26.1 Å². The Balaban J connectivity index is 1.96. The fourth-order valence-electron chi connectivity index (χ4n) is 1.46. The third-order valence-electron chi connectivity index (χ3n) is 2.85. The van der Waals surface area contributed by atoms with Gasteiger partial charge in [0.15, 0.2) is 0 Å². The molecule has 89 valence electrons. The Morgan fingerprint density at radius 2 is 1.94 bits per heavy atom. The van der Waals surface area contributed by atoms with Gasteiger partial charge in [-0.25, -0.2) is 5.32 Å². The maximum Gasteiger partial charge on any atom is 0.0340 e. The predicted molar refractivity (Wildman–Crippen MR) is 70.9 cm³/mol. The lowest BCUT2D eigenvalue weighted by Gasteiger charge is -2.09. The molecule has 0 saturated carbocycles. The molecular formula is C14H23N2. The predicted octanol–water partition coefficient (Wildman–Crippen LogP) is 3.14. The minimum Gasteiger partial charge on any atom is -0.384 e. The van der Waals surface area contributed by atoms with E-state index < -0.39 is 0 Å². The van der Waals surface area contributed by atoms with Crippen LogP contribution in [0.4, 0.5) is 5.69 Å². The van der Waals surface area contributed by atoms with Crippen LogP contribution in [0.5, 0.6) is 0 Å². The summed E-state index contributed by atoms with van der Waals surface area (Å²) in [5.41, 5.74) is 1.18. The van der Waals surface area contributed by atoms with Crippen LogP contribution in [0.1, 0.15) is 26.7 Å². The molecule has 0 aliphatic heterocycles. The van der Waals surface area contributed by atoms with Crippen LogP contribution in [0.25, 0.3) is 0 Å². The number of hydrogen-bond acceptors (Lipinski definition) is 1. The van der Waals surface area contributed by atoms with E-state index in [-0.39, 0.29) is 0 Å². The molecule has 1 aromatic carbocycles. The molecule has 0 fully saturated rings. The first-order chi connectivity index (χ1) is 7.83. The minimum absolute atomic E-state index is 0.811. The van der Waals surface area contributed by atoms with Gasteiger partial charge in [0.1, 0.15) is 0 Å². The van der Waals surface area contributed by atoms with Crippen LogP contribution in [0.3, 0.4) is 0 Å². The zero-order valence-electron chi connectivity index (χ0n) is 10.4. The average molecular weight is 219 g/mol. The largest absolute Gasteiger partial charge is 0.384 e. The smallest absolute Gasteiger partial charge is 0.0340 e. The number of nitrogens with zero attached hydrogens (tertiary/aromatic N) is 1. The Labute approximate surface area is 99.5 Å². The summed E-state index contributed by atoms with van der Waals surface area (Å²) in [4.78, 5) is 0. The van der Waals surface area contributed by atoms with E-state index in [9.17, 15) is 0 Å².